The number of nitrogens with one attached hydrogen (secondary N) is 3. The standard InChI is InChI=1S/C39H46F3N7O5/c1-22-30(16-17-32(46-22)34(50)47-23(2)39(40,41)42)26-10-6-24(7-11-26)18-31(43)36(52)49(29-15-14-28-21-45-48-33(28)19-29)35(51)27-12-8-25(9-13-27)20-44-37(53)54-38(3,4)5/h6-7,10-11,14-17,19,21,23,25,27,31H,8-9,12-13,18,20,43H2,1-5H3,(H,44,53)(H,45,48)(H,47,50)/t23?,25-,27-,31-/m0/s1. The second-order valence-electron chi connectivity index (χ2n) is 14.8. The molecule has 4 aromatic rings. The van der Waals surface area contributed by atoms with Crippen LogP contribution in [0.25, 0.3) is 22.0 Å². The number of benzene rings is 2. The van der Waals surface area contributed by atoms with E-state index in [0.717, 1.165) is 23.4 Å². The number of aryl methyl sites for hydroxylation is 1. The van der Waals surface area contributed by atoms with Gasteiger partial charge in [-0.15, -0.1) is 0 Å². The molecule has 4 amide bonds. The summed E-state index contributed by atoms with van der Waals surface area (Å²) in [5.74, 6) is -2.07. The van der Waals surface area contributed by atoms with Gasteiger partial charge in [0.05, 0.1) is 23.4 Å². The average molecular weight is 750 g/mol. The van der Waals surface area contributed by atoms with Gasteiger partial charge in [-0.2, -0.15) is 18.3 Å². The van der Waals surface area contributed by atoms with E-state index in [1.807, 2.05) is 5.32 Å². The number of H-pyrrole nitrogens is 1. The van der Waals surface area contributed by atoms with Crippen molar-refractivity contribution in [2.24, 2.45) is 17.6 Å². The third-order valence-electron chi connectivity index (χ3n) is 9.45. The van der Waals surface area contributed by atoms with Gasteiger partial charge < -0.3 is 21.1 Å². The van der Waals surface area contributed by atoms with Gasteiger partial charge in [-0.25, -0.2) is 14.7 Å². The van der Waals surface area contributed by atoms with Crippen LogP contribution in [0.2, 0.25) is 0 Å². The van der Waals surface area contributed by atoms with E-state index in [9.17, 15) is 32.3 Å². The lowest BCUT2D eigenvalue weighted by Crippen LogP contribution is -2.50. The Morgan fingerprint density at radius 1 is 1.00 bits per heavy atom. The van der Waals surface area contributed by atoms with Crippen LogP contribution >= 0.6 is 0 Å². The number of fused-ring (bicyclic) bond motifs is 1. The lowest BCUT2D eigenvalue weighted by Gasteiger charge is -2.32. The third kappa shape index (κ3) is 10.0. The molecule has 2 heterocycles. The Morgan fingerprint density at radius 2 is 1.69 bits per heavy atom. The van der Waals surface area contributed by atoms with Crippen LogP contribution in [0.4, 0.5) is 23.7 Å². The minimum atomic E-state index is -4.58. The molecule has 1 saturated carbocycles. The van der Waals surface area contributed by atoms with Crippen LogP contribution in [0.5, 0.6) is 0 Å². The van der Waals surface area contributed by atoms with E-state index < -0.39 is 47.7 Å². The van der Waals surface area contributed by atoms with Gasteiger partial charge in [-0.1, -0.05) is 30.3 Å². The van der Waals surface area contributed by atoms with E-state index in [1.54, 1.807) is 82.4 Å². The van der Waals surface area contributed by atoms with Gasteiger partial charge in [0.1, 0.15) is 17.3 Å². The van der Waals surface area contributed by atoms with E-state index in [-0.39, 0.29) is 23.9 Å². The van der Waals surface area contributed by atoms with Crippen molar-refractivity contribution in [1.29, 1.82) is 0 Å². The fourth-order valence-corrected chi connectivity index (χ4v) is 6.44. The number of anilines is 1. The Hall–Kier alpha value is -5.31. The van der Waals surface area contributed by atoms with Gasteiger partial charge in [0, 0.05) is 29.1 Å². The number of aromatic amines is 1. The number of nitrogens with zero attached hydrogens (tertiary/aromatic N) is 3. The Morgan fingerprint density at radius 3 is 2.31 bits per heavy atom. The molecule has 54 heavy (non-hydrogen) atoms. The maximum Gasteiger partial charge on any atom is 0.408 e. The van der Waals surface area contributed by atoms with Gasteiger partial charge in [0.25, 0.3) is 11.8 Å². The molecule has 1 aliphatic rings. The maximum atomic E-state index is 14.1. The molecule has 1 aliphatic carbocycles. The molecule has 2 aromatic heterocycles. The van der Waals surface area contributed by atoms with Crippen LogP contribution in [0.15, 0.2) is 60.8 Å². The number of hydrogen-bond donors (Lipinski definition) is 4. The fourth-order valence-electron chi connectivity index (χ4n) is 6.44. The molecule has 2 aromatic carbocycles. The normalized spacial score (nSPS) is 17.4. The first kappa shape index (κ1) is 39.9. The Bertz CT molecular complexity index is 1980. The maximum absolute atomic E-state index is 14.1. The summed E-state index contributed by atoms with van der Waals surface area (Å²) in [6, 6.07) is 12.3. The highest BCUT2D eigenvalue weighted by atomic mass is 19.4. The van der Waals surface area contributed by atoms with Gasteiger partial charge in [-0.3, -0.25) is 19.5 Å². The number of imide groups is 1. The van der Waals surface area contributed by atoms with Crippen molar-refractivity contribution in [3.63, 3.8) is 0 Å². The number of rotatable bonds is 10. The summed E-state index contributed by atoms with van der Waals surface area (Å²) in [4.78, 5) is 58.2. The van der Waals surface area contributed by atoms with Crippen molar-refractivity contribution >= 4 is 40.4 Å². The second-order valence-corrected chi connectivity index (χ2v) is 14.8. The van der Waals surface area contributed by atoms with Crippen molar-refractivity contribution in [2.45, 2.75) is 90.6 Å². The highest BCUT2D eigenvalue weighted by Gasteiger charge is 2.38. The minimum Gasteiger partial charge on any atom is -0.444 e. The summed E-state index contributed by atoms with van der Waals surface area (Å²) in [5, 5.41) is 12.5. The number of carbonyl (C=O) groups excluding carboxylic acids is 4. The first-order chi connectivity index (χ1) is 25.4. The summed E-state index contributed by atoms with van der Waals surface area (Å²) in [5.41, 5.74) is 9.41. The summed E-state index contributed by atoms with van der Waals surface area (Å²) < 4.78 is 44.1. The van der Waals surface area contributed by atoms with Gasteiger partial charge in [-0.05, 0) is 108 Å². The molecular formula is C39H46F3N7O5. The largest absolute Gasteiger partial charge is 0.444 e. The number of aromatic nitrogens is 3. The number of alkyl carbamates (subject to hydrolysis) is 1. The SMILES string of the molecule is Cc1nc(C(=O)NC(C)C(F)(F)F)ccc1-c1ccc(C[C@H](N)C(=O)N(c2ccc3cn[nH]c3c2)C(=O)[C@H]2CC[C@H](CNC(=O)OC(C)(C)C)CC2)cc1. The predicted molar refractivity (Wildman–Crippen MR) is 197 cm³/mol. The van der Waals surface area contributed by atoms with Gasteiger partial charge in [0.2, 0.25) is 5.91 Å². The number of hydrogen-bond acceptors (Lipinski definition) is 8. The number of carbonyl (C=O) groups is 4. The van der Waals surface area contributed by atoms with Gasteiger partial charge >= 0.3 is 12.3 Å². The first-order valence-corrected chi connectivity index (χ1v) is 17.9. The van der Waals surface area contributed by atoms with Crippen molar-refractivity contribution in [2.75, 3.05) is 11.4 Å². The van der Waals surface area contributed by atoms with Crippen molar-refractivity contribution < 1.29 is 37.1 Å². The van der Waals surface area contributed by atoms with Crippen LogP contribution in [0, 0.1) is 18.8 Å². The molecular weight excluding hydrogens is 703 g/mol. The van der Waals surface area contributed by atoms with Crippen LogP contribution in [0.3, 0.4) is 0 Å². The Balaban J connectivity index is 1.26. The average Bonchev–Trinajstić information content (AvgIpc) is 3.58. The van der Waals surface area contributed by atoms with Crippen molar-refractivity contribution in [3.05, 3.63) is 77.7 Å². The molecule has 288 valence electrons. The number of alkyl halides is 3. The summed E-state index contributed by atoms with van der Waals surface area (Å²) in [7, 11) is 0. The van der Waals surface area contributed by atoms with E-state index in [0.29, 0.717) is 54.7 Å². The molecule has 2 atom stereocenters. The number of amides is 4. The number of pyridine rings is 1. The van der Waals surface area contributed by atoms with E-state index in [4.69, 9.17) is 10.5 Å². The Labute approximate surface area is 311 Å². The number of nitrogens with two attached hydrogens (primary N) is 1. The number of ether oxygens (including phenoxy) is 1. The molecule has 0 radical (unpaired) electrons. The van der Waals surface area contributed by atoms with E-state index in [2.05, 4.69) is 20.5 Å². The monoisotopic (exact) mass is 749 g/mol. The molecule has 5 N–H and O–H groups in total. The first-order valence-electron chi connectivity index (χ1n) is 17.9. The molecule has 0 bridgehead atoms. The molecule has 0 saturated heterocycles. The van der Waals surface area contributed by atoms with E-state index >= 15 is 0 Å². The molecule has 5 rings (SSSR count). The summed E-state index contributed by atoms with van der Waals surface area (Å²) in [6.45, 7) is 8.34. The predicted octanol–water partition coefficient (Wildman–Crippen LogP) is 6.37. The molecule has 1 unspecified atom stereocenters. The Kier molecular flexibility index (Phi) is 12.1. The molecule has 12 nitrogen and oxygen atoms in total. The van der Waals surface area contributed by atoms with Gasteiger partial charge in [0.15, 0.2) is 0 Å². The summed E-state index contributed by atoms with van der Waals surface area (Å²) >= 11 is 0. The molecule has 15 heteroatoms. The molecule has 0 spiro atoms. The third-order valence-corrected chi connectivity index (χ3v) is 9.45. The zero-order valence-electron chi connectivity index (χ0n) is 30.9. The fraction of sp³-hybridized carbons (Fsp3) is 0.436. The lowest BCUT2D eigenvalue weighted by atomic mass is 9.81. The minimum absolute atomic E-state index is 0.131. The molecule has 0 aliphatic heterocycles. The zero-order chi connectivity index (χ0) is 39.4. The number of halogens is 3. The highest BCUT2D eigenvalue weighted by molar-refractivity contribution is 6.17. The van der Waals surface area contributed by atoms with Crippen LogP contribution in [0.1, 0.15) is 75.1 Å². The van der Waals surface area contributed by atoms with Crippen molar-refractivity contribution in [3.8, 4) is 11.1 Å². The second kappa shape index (κ2) is 16.4. The topological polar surface area (TPSA) is 172 Å². The van der Waals surface area contributed by atoms with Crippen molar-refractivity contribution in [1.82, 2.24) is 25.8 Å². The zero-order valence-corrected chi connectivity index (χ0v) is 30.9. The summed E-state index contributed by atoms with van der Waals surface area (Å²) in [6.07, 6.45) is -0.822. The van der Waals surface area contributed by atoms with Crippen LogP contribution in [-0.4, -0.2) is 69.4 Å². The van der Waals surface area contributed by atoms with Crippen LogP contribution < -0.4 is 21.3 Å². The quantitative estimate of drug-likeness (QED) is 0.145. The van der Waals surface area contributed by atoms with Crippen LogP contribution in [-0.2, 0) is 20.7 Å². The highest BCUT2D eigenvalue weighted by Crippen LogP contribution is 2.33. The lowest BCUT2D eigenvalue weighted by molar-refractivity contribution is -0.149. The van der Waals surface area contributed by atoms with E-state index in [1.165, 1.54) is 11.0 Å². The smallest absolute Gasteiger partial charge is 0.408 e. The molecule has 1 fully saturated rings.